The van der Waals surface area contributed by atoms with Crippen molar-refractivity contribution in [1.82, 2.24) is 4.31 Å². The number of ether oxygens (including phenoxy) is 1. The van der Waals surface area contributed by atoms with E-state index in [2.05, 4.69) is 5.32 Å². The van der Waals surface area contributed by atoms with Crippen LogP contribution in [0.3, 0.4) is 0 Å². The molecule has 1 N–H and O–H groups in total. The number of amides is 2. The van der Waals surface area contributed by atoms with E-state index >= 15 is 0 Å². The molecule has 0 bridgehead atoms. The molecule has 1 saturated carbocycles. The molecule has 9 nitrogen and oxygen atoms in total. The van der Waals surface area contributed by atoms with Crippen molar-refractivity contribution < 1.29 is 27.5 Å². The highest BCUT2D eigenvalue weighted by atomic mass is 32.2. The van der Waals surface area contributed by atoms with Gasteiger partial charge in [0.1, 0.15) is 5.54 Å². The predicted molar refractivity (Wildman–Crippen MR) is 131 cm³/mol. The number of carbonyl (C=O) groups excluding carboxylic acids is 3. The van der Waals surface area contributed by atoms with Gasteiger partial charge in [-0.15, -0.1) is 0 Å². The maximum absolute atomic E-state index is 13.3. The zero-order valence-corrected chi connectivity index (χ0v) is 20.6. The van der Waals surface area contributed by atoms with Crippen molar-refractivity contribution in [2.75, 3.05) is 29.9 Å². The first-order chi connectivity index (χ1) is 16.7. The van der Waals surface area contributed by atoms with Crippen LogP contribution in [0.4, 0.5) is 11.4 Å². The summed E-state index contributed by atoms with van der Waals surface area (Å²) < 4.78 is 31.9. The Balaban J connectivity index is 1.50. The van der Waals surface area contributed by atoms with Gasteiger partial charge in [-0.3, -0.25) is 14.5 Å². The van der Waals surface area contributed by atoms with Crippen molar-refractivity contribution in [3.05, 3.63) is 54.1 Å². The van der Waals surface area contributed by atoms with E-state index in [4.69, 9.17) is 4.74 Å². The highest BCUT2D eigenvalue weighted by Gasteiger charge is 2.52. The molecule has 1 aliphatic heterocycles. The van der Waals surface area contributed by atoms with Crippen LogP contribution in [0.2, 0.25) is 0 Å². The van der Waals surface area contributed by atoms with Gasteiger partial charge in [0.15, 0.2) is 6.61 Å². The van der Waals surface area contributed by atoms with Crippen LogP contribution in [0.1, 0.15) is 49.9 Å². The van der Waals surface area contributed by atoms with E-state index in [-0.39, 0.29) is 16.4 Å². The van der Waals surface area contributed by atoms with Gasteiger partial charge in [0.25, 0.3) is 11.8 Å². The number of anilines is 2. The molecule has 0 unspecified atom stereocenters. The van der Waals surface area contributed by atoms with Crippen LogP contribution >= 0.6 is 0 Å². The van der Waals surface area contributed by atoms with Gasteiger partial charge < -0.3 is 10.1 Å². The number of nitrogens with zero attached hydrogens (tertiary/aromatic N) is 2. The first-order valence-corrected chi connectivity index (χ1v) is 13.2. The Morgan fingerprint density at radius 2 is 1.66 bits per heavy atom. The van der Waals surface area contributed by atoms with Crippen LogP contribution in [-0.2, 0) is 24.3 Å². The number of benzene rings is 2. The number of hydrogen-bond donors (Lipinski definition) is 1. The Morgan fingerprint density at radius 3 is 2.29 bits per heavy atom. The molecule has 10 heteroatoms. The average molecular weight is 500 g/mol. The molecule has 186 valence electrons. The molecule has 0 saturated heterocycles. The molecule has 35 heavy (non-hydrogen) atoms. The molecule has 1 aliphatic carbocycles. The molecule has 2 aromatic carbocycles. The summed E-state index contributed by atoms with van der Waals surface area (Å²) in [4.78, 5) is 40.5. The second-order valence-corrected chi connectivity index (χ2v) is 10.6. The normalized spacial score (nSPS) is 16.8. The lowest BCUT2D eigenvalue weighted by molar-refractivity contribution is -0.129. The smallest absolute Gasteiger partial charge is 0.338 e. The largest absolute Gasteiger partial charge is 0.452 e. The number of carbonyl (C=O) groups is 3. The van der Waals surface area contributed by atoms with E-state index in [0.29, 0.717) is 37.3 Å². The van der Waals surface area contributed by atoms with E-state index in [1.54, 1.807) is 38.1 Å². The number of hydrogen-bond acceptors (Lipinski definition) is 6. The van der Waals surface area contributed by atoms with Crippen molar-refractivity contribution in [2.24, 2.45) is 0 Å². The van der Waals surface area contributed by atoms with Crippen molar-refractivity contribution >= 4 is 39.2 Å². The number of esters is 1. The van der Waals surface area contributed by atoms with Crippen LogP contribution in [-0.4, -0.2) is 55.7 Å². The van der Waals surface area contributed by atoms with Gasteiger partial charge in [-0.05, 0) is 49.2 Å². The number of fused-ring (bicyclic) bond motifs is 1. The molecule has 0 radical (unpaired) electrons. The first-order valence-electron chi connectivity index (χ1n) is 11.8. The molecule has 1 heterocycles. The van der Waals surface area contributed by atoms with Crippen LogP contribution in [0.15, 0.2) is 53.4 Å². The molecule has 1 spiro atoms. The summed E-state index contributed by atoms with van der Waals surface area (Å²) in [5.41, 5.74) is 0.266. The number of rotatable bonds is 7. The molecule has 0 atom stereocenters. The highest BCUT2D eigenvalue weighted by Crippen LogP contribution is 2.45. The van der Waals surface area contributed by atoms with E-state index < -0.39 is 34.0 Å². The minimum Gasteiger partial charge on any atom is -0.452 e. The third-order valence-corrected chi connectivity index (χ3v) is 8.75. The summed E-state index contributed by atoms with van der Waals surface area (Å²) in [6.07, 6.45) is 2.72. The summed E-state index contributed by atoms with van der Waals surface area (Å²) in [6, 6.07) is 12.5. The first kappa shape index (κ1) is 24.9. The molecule has 2 amide bonds. The molecule has 1 fully saturated rings. The van der Waals surface area contributed by atoms with Crippen molar-refractivity contribution in [1.29, 1.82) is 0 Å². The quantitative estimate of drug-likeness (QED) is 0.586. The van der Waals surface area contributed by atoms with Crippen molar-refractivity contribution in [2.45, 2.75) is 50.0 Å². The Kier molecular flexibility index (Phi) is 6.95. The minimum absolute atomic E-state index is 0.0768. The van der Waals surface area contributed by atoms with Crippen molar-refractivity contribution in [3.8, 4) is 0 Å². The Bertz CT molecular complexity index is 1230. The Morgan fingerprint density at radius 1 is 1.03 bits per heavy atom. The lowest BCUT2D eigenvalue weighted by Crippen LogP contribution is -2.61. The van der Waals surface area contributed by atoms with Crippen LogP contribution < -0.4 is 10.2 Å². The summed E-state index contributed by atoms with van der Waals surface area (Å²) in [5, 5.41) is 2.91. The second-order valence-electron chi connectivity index (χ2n) is 8.63. The predicted octanol–water partition coefficient (Wildman–Crippen LogP) is 3.17. The maximum Gasteiger partial charge on any atom is 0.338 e. The molecule has 0 aromatic heterocycles. The maximum atomic E-state index is 13.3. The van der Waals surface area contributed by atoms with Crippen LogP contribution in [0, 0.1) is 0 Å². The fraction of sp³-hybridized carbons (Fsp3) is 0.400. The lowest BCUT2D eigenvalue weighted by atomic mass is 9.90. The Labute approximate surface area is 205 Å². The third kappa shape index (κ3) is 4.43. The summed E-state index contributed by atoms with van der Waals surface area (Å²) in [6.45, 7) is 3.64. The minimum atomic E-state index is -3.65. The van der Waals surface area contributed by atoms with Gasteiger partial charge >= 0.3 is 5.97 Å². The SMILES string of the molecule is CCN(CC)S(=O)(=O)c1ccc(C(=O)OCC(=O)N2c3ccccc3NC(=O)C23CCCC3)cc1. The van der Waals surface area contributed by atoms with Gasteiger partial charge in [-0.25, -0.2) is 13.2 Å². The average Bonchev–Trinajstić information content (AvgIpc) is 3.34. The van der Waals surface area contributed by atoms with Crippen LogP contribution in [0.5, 0.6) is 0 Å². The Hall–Kier alpha value is -3.24. The summed E-state index contributed by atoms with van der Waals surface area (Å²) in [7, 11) is -3.65. The topological polar surface area (TPSA) is 113 Å². The highest BCUT2D eigenvalue weighted by molar-refractivity contribution is 7.89. The van der Waals surface area contributed by atoms with Gasteiger partial charge in [0, 0.05) is 13.1 Å². The molecule has 2 aromatic rings. The lowest BCUT2D eigenvalue weighted by Gasteiger charge is -2.44. The number of sulfonamides is 1. The molecule has 4 rings (SSSR count). The van der Waals surface area contributed by atoms with Gasteiger partial charge in [-0.1, -0.05) is 38.8 Å². The van der Waals surface area contributed by atoms with Gasteiger partial charge in [0.2, 0.25) is 10.0 Å². The number of nitrogens with one attached hydrogen (secondary N) is 1. The summed E-state index contributed by atoms with van der Waals surface area (Å²) >= 11 is 0. The van der Waals surface area contributed by atoms with E-state index in [0.717, 1.165) is 12.8 Å². The number of para-hydroxylation sites is 2. The van der Waals surface area contributed by atoms with Gasteiger partial charge in [0.05, 0.1) is 21.8 Å². The monoisotopic (exact) mass is 499 g/mol. The third-order valence-electron chi connectivity index (χ3n) is 6.68. The summed E-state index contributed by atoms with van der Waals surface area (Å²) in [5.74, 6) is -1.46. The van der Waals surface area contributed by atoms with E-state index in [9.17, 15) is 22.8 Å². The fourth-order valence-corrected chi connectivity index (χ4v) is 6.34. The second kappa shape index (κ2) is 9.79. The molecular formula is C25H29N3O6S. The molecular weight excluding hydrogens is 470 g/mol. The van der Waals surface area contributed by atoms with E-state index in [1.165, 1.54) is 33.5 Å². The fourth-order valence-electron chi connectivity index (χ4n) is 4.88. The van der Waals surface area contributed by atoms with Crippen molar-refractivity contribution in [3.63, 3.8) is 0 Å². The van der Waals surface area contributed by atoms with E-state index in [1.807, 2.05) is 0 Å². The molecule has 2 aliphatic rings. The van der Waals surface area contributed by atoms with Gasteiger partial charge in [-0.2, -0.15) is 4.31 Å². The standard InChI is InChI=1S/C25H29N3O6S/c1-3-27(4-2)35(32,33)19-13-11-18(12-14-19)23(30)34-17-22(29)28-21-10-6-5-9-20(21)26-24(31)25(28)15-7-8-16-25/h5-6,9-14H,3-4,7-8,15-17H2,1-2H3,(H,26,31). The van der Waals surface area contributed by atoms with Crippen LogP contribution in [0.25, 0.3) is 0 Å². The zero-order chi connectivity index (χ0) is 25.2. The zero-order valence-electron chi connectivity index (χ0n) is 19.8.